The number of carbonyl (C=O) groups is 2. The summed E-state index contributed by atoms with van der Waals surface area (Å²) in [7, 11) is 0. The van der Waals surface area contributed by atoms with Crippen LogP contribution in [0, 0.1) is 5.92 Å². The second-order valence-corrected chi connectivity index (χ2v) is 5.46. The third kappa shape index (κ3) is 3.54. The Hall–Kier alpha value is -1.40. The first kappa shape index (κ1) is 14.0. The minimum atomic E-state index is -0.108. The van der Waals surface area contributed by atoms with Crippen LogP contribution in [0.2, 0.25) is 0 Å². The number of hydrogen-bond donors (Lipinski definition) is 2. The monoisotopic (exact) mass is 281 g/mol. The SMILES string of the molecule is NCCNC(=O)C1CCCN(C(=O)c2ccsc2)C1. The van der Waals surface area contributed by atoms with Crippen molar-refractivity contribution < 1.29 is 9.59 Å². The van der Waals surface area contributed by atoms with Crippen LogP contribution in [-0.2, 0) is 4.79 Å². The lowest BCUT2D eigenvalue weighted by molar-refractivity contribution is -0.126. The number of likely N-dealkylation sites (tertiary alicyclic amines) is 1. The average molecular weight is 281 g/mol. The van der Waals surface area contributed by atoms with Crippen molar-refractivity contribution in [3.8, 4) is 0 Å². The topological polar surface area (TPSA) is 75.4 Å². The minimum Gasteiger partial charge on any atom is -0.355 e. The Morgan fingerprint density at radius 1 is 1.53 bits per heavy atom. The Bertz CT molecular complexity index is 433. The fourth-order valence-corrected chi connectivity index (χ4v) is 2.91. The van der Waals surface area contributed by atoms with Gasteiger partial charge in [0.25, 0.3) is 5.91 Å². The zero-order valence-corrected chi connectivity index (χ0v) is 11.6. The van der Waals surface area contributed by atoms with Gasteiger partial charge in [-0.25, -0.2) is 0 Å². The predicted octanol–water partition coefficient (Wildman–Crippen LogP) is 0.675. The second-order valence-electron chi connectivity index (χ2n) is 4.68. The zero-order valence-electron chi connectivity index (χ0n) is 10.8. The molecule has 1 aliphatic heterocycles. The van der Waals surface area contributed by atoms with E-state index in [9.17, 15) is 9.59 Å². The number of nitrogens with one attached hydrogen (secondary N) is 1. The van der Waals surface area contributed by atoms with Crippen molar-refractivity contribution in [2.45, 2.75) is 12.8 Å². The zero-order chi connectivity index (χ0) is 13.7. The highest BCUT2D eigenvalue weighted by atomic mass is 32.1. The highest BCUT2D eigenvalue weighted by Crippen LogP contribution is 2.19. The molecule has 104 valence electrons. The number of nitrogens with two attached hydrogens (primary N) is 1. The Balaban J connectivity index is 1.93. The number of carbonyl (C=O) groups excluding carboxylic acids is 2. The predicted molar refractivity (Wildman–Crippen MR) is 75.0 cm³/mol. The van der Waals surface area contributed by atoms with Crippen molar-refractivity contribution in [1.29, 1.82) is 0 Å². The molecule has 1 atom stereocenters. The summed E-state index contributed by atoms with van der Waals surface area (Å²) in [6, 6.07) is 1.82. The summed E-state index contributed by atoms with van der Waals surface area (Å²) in [5, 5.41) is 6.54. The second kappa shape index (κ2) is 6.68. The molecule has 0 spiro atoms. The molecule has 2 amide bonds. The molecular weight excluding hydrogens is 262 g/mol. The summed E-state index contributed by atoms with van der Waals surface area (Å²) in [4.78, 5) is 25.9. The summed E-state index contributed by atoms with van der Waals surface area (Å²) in [6.07, 6.45) is 1.71. The minimum absolute atomic E-state index is 0.00766. The van der Waals surface area contributed by atoms with Gasteiger partial charge in [0.2, 0.25) is 5.91 Å². The molecule has 0 saturated carbocycles. The molecule has 0 bridgehead atoms. The molecule has 1 aromatic heterocycles. The van der Waals surface area contributed by atoms with Crippen LogP contribution in [0.25, 0.3) is 0 Å². The van der Waals surface area contributed by atoms with E-state index in [-0.39, 0.29) is 17.7 Å². The Kier molecular flexibility index (Phi) is 4.93. The Morgan fingerprint density at radius 3 is 3.05 bits per heavy atom. The summed E-state index contributed by atoms with van der Waals surface area (Å²) in [6.45, 7) is 2.17. The normalized spacial score (nSPS) is 19.2. The van der Waals surface area contributed by atoms with Gasteiger partial charge in [-0.1, -0.05) is 0 Å². The van der Waals surface area contributed by atoms with Crippen LogP contribution in [0.15, 0.2) is 16.8 Å². The third-order valence-electron chi connectivity index (χ3n) is 3.29. The molecule has 1 unspecified atom stereocenters. The molecule has 1 saturated heterocycles. The molecule has 0 aromatic carbocycles. The summed E-state index contributed by atoms with van der Waals surface area (Å²) < 4.78 is 0. The largest absolute Gasteiger partial charge is 0.355 e. The lowest BCUT2D eigenvalue weighted by Crippen LogP contribution is -2.46. The summed E-state index contributed by atoms with van der Waals surface area (Å²) >= 11 is 1.51. The van der Waals surface area contributed by atoms with E-state index in [1.54, 1.807) is 4.90 Å². The maximum Gasteiger partial charge on any atom is 0.254 e. The van der Waals surface area contributed by atoms with E-state index in [2.05, 4.69) is 5.32 Å². The van der Waals surface area contributed by atoms with Gasteiger partial charge in [0.05, 0.1) is 11.5 Å². The van der Waals surface area contributed by atoms with Gasteiger partial charge in [0.15, 0.2) is 0 Å². The average Bonchev–Trinajstić information content (AvgIpc) is 2.98. The molecule has 1 aromatic rings. The van der Waals surface area contributed by atoms with Crippen LogP contribution < -0.4 is 11.1 Å². The number of piperidine rings is 1. The van der Waals surface area contributed by atoms with Crippen molar-refractivity contribution in [3.63, 3.8) is 0 Å². The maximum absolute atomic E-state index is 12.2. The highest BCUT2D eigenvalue weighted by Gasteiger charge is 2.28. The van der Waals surface area contributed by atoms with Gasteiger partial charge in [0.1, 0.15) is 0 Å². The van der Waals surface area contributed by atoms with Gasteiger partial charge in [-0.3, -0.25) is 9.59 Å². The standard InChI is InChI=1S/C13H19N3O2S/c14-4-5-15-12(17)10-2-1-6-16(8-10)13(18)11-3-7-19-9-11/h3,7,9-10H,1-2,4-6,8,14H2,(H,15,17). The van der Waals surface area contributed by atoms with Crippen molar-refractivity contribution in [2.24, 2.45) is 11.7 Å². The molecule has 0 aliphatic carbocycles. The first-order valence-corrected chi connectivity index (χ1v) is 7.46. The smallest absolute Gasteiger partial charge is 0.254 e. The molecule has 6 heteroatoms. The van der Waals surface area contributed by atoms with Crippen molar-refractivity contribution in [1.82, 2.24) is 10.2 Å². The van der Waals surface area contributed by atoms with Crippen LogP contribution in [0.3, 0.4) is 0 Å². The van der Waals surface area contributed by atoms with E-state index in [1.807, 2.05) is 16.8 Å². The van der Waals surface area contributed by atoms with Crippen LogP contribution in [-0.4, -0.2) is 42.9 Å². The Morgan fingerprint density at radius 2 is 2.37 bits per heavy atom. The van der Waals surface area contributed by atoms with E-state index >= 15 is 0 Å². The molecule has 0 radical (unpaired) electrons. The van der Waals surface area contributed by atoms with Gasteiger partial charge in [0, 0.05) is 31.6 Å². The van der Waals surface area contributed by atoms with Gasteiger partial charge < -0.3 is 16.0 Å². The van der Waals surface area contributed by atoms with Crippen LogP contribution >= 0.6 is 11.3 Å². The van der Waals surface area contributed by atoms with E-state index in [0.29, 0.717) is 25.2 Å². The third-order valence-corrected chi connectivity index (χ3v) is 3.97. The fraction of sp³-hybridized carbons (Fsp3) is 0.538. The van der Waals surface area contributed by atoms with Gasteiger partial charge in [-0.2, -0.15) is 11.3 Å². The lowest BCUT2D eigenvalue weighted by Gasteiger charge is -2.31. The molecular formula is C13H19N3O2S. The fourth-order valence-electron chi connectivity index (χ4n) is 2.28. The van der Waals surface area contributed by atoms with E-state index in [4.69, 9.17) is 5.73 Å². The summed E-state index contributed by atoms with van der Waals surface area (Å²) in [5.74, 6) is -0.0753. The molecule has 2 rings (SSSR count). The molecule has 1 aliphatic rings. The summed E-state index contributed by atoms with van der Waals surface area (Å²) in [5.41, 5.74) is 6.08. The number of rotatable bonds is 4. The van der Waals surface area contributed by atoms with Gasteiger partial charge >= 0.3 is 0 Å². The van der Waals surface area contributed by atoms with Crippen LogP contribution in [0.5, 0.6) is 0 Å². The van der Waals surface area contributed by atoms with Crippen LogP contribution in [0.1, 0.15) is 23.2 Å². The van der Waals surface area contributed by atoms with Gasteiger partial charge in [-0.15, -0.1) is 0 Å². The molecule has 5 nitrogen and oxygen atoms in total. The van der Waals surface area contributed by atoms with Gasteiger partial charge in [-0.05, 0) is 24.3 Å². The van der Waals surface area contributed by atoms with Crippen molar-refractivity contribution in [3.05, 3.63) is 22.4 Å². The molecule has 1 fully saturated rings. The first-order chi connectivity index (χ1) is 9.22. The molecule has 3 N–H and O–H groups in total. The maximum atomic E-state index is 12.2. The van der Waals surface area contributed by atoms with Crippen molar-refractivity contribution >= 4 is 23.2 Å². The number of thiophene rings is 1. The number of nitrogens with zero attached hydrogens (tertiary/aromatic N) is 1. The quantitative estimate of drug-likeness (QED) is 0.852. The molecule has 2 heterocycles. The molecule has 19 heavy (non-hydrogen) atoms. The van der Waals surface area contributed by atoms with Crippen molar-refractivity contribution in [2.75, 3.05) is 26.2 Å². The number of amides is 2. The highest BCUT2D eigenvalue weighted by molar-refractivity contribution is 7.08. The van der Waals surface area contributed by atoms with E-state index in [0.717, 1.165) is 19.4 Å². The Labute approximate surface area is 116 Å². The van der Waals surface area contributed by atoms with E-state index in [1.165, 1.54) is 11.3 Å². The van der Waals surface area contributed by atoms with Crippen LogP contribution in [0.4, 0.5) is 0 Å². The van der Waals surface area contributed by atoms with E-state index < -0.39 is 0 Å². The first-order valence-electron chi connectivity index (χ1n) is 6.51. The lowest BCUT2D eigenvalue weighted by atomic mass is 9.96. The number of hydrogen-bond acceptors (Lipinski definition) is 4.